The number of hydrogen-bond acceptors (Lipinski definition) is 4. The molecule has 2 heterocycles. The third-order valence-electron chi connectivity index (χ3n) is 5.00. The fraction of sp³-hybridized carbons (Fsp3) is 0.238. The van der Waals surface area contributed by atoms with Crippen LogP contribution in [0.15, 0.2) is 48.5 Å². The summed E-state index contributed by atoms with van der Waals surface area (Å²) in [6.07, 6.45) is 0.779. The topological polar surface area (TPSA) is 74.8 Å². The van der Waals surface area contributed by atoms with Crippen molar-refractivity contribution in [3.05, 3.63) is 70.8 Å². The lowest BCUT2D eigenvalue weighted by molar-refractivity contribution is -0.120. The summed E-state index contributed by atoms with van der Waals surface area (Å²) in [4.78, 5) is 51.9. The molecule has 0 unspecified atom stereocenters. The number of amides is 3. The molecule has 6 heteroatoms. The molecule has 0 radical (unpaired) electrons. The molecular formula is C21H18N2O4. The third-order valence-corrected chi connectivity index (χ3v) is 5.00. The van der Waals surface area contributed by atoms with E-state index in [-0.39, 0.29) is 30.0 Å². The Hall–Kier alpha value is -3.28. The van der Waals surface area contributed by atoms with Crippen LogP contribution in [0.3, 0.4) is 0 Å². The Morgan fingerprint density at radius 2 is 1.48 bits per heavy atom. The first-order valence-electron chi connectivity index (χ1n) is 8.90. The van der Waals surface area contributed by atoms with Crippen LogP contribution in [0.1, 0.15) is 49.5 Å². The number of rotatable bonds is 3. The minimum absolute atomic E-state index is 0.117. The molecule has 2 aliphatic heterocycles. The second-order valence-corrected chi connectivity index (χ2v) is 6.77. The van der Waals surface area contributed by atoms with E-state index in [4.69, 9.17) is 0 Å². The molecule has 0 aliphatic carbocycles. The summed E-state index contributed by atoms with van der Waals surface area (Å²) < 4.78 is 0. The van der Waals surface area contributed by atoms with Gasteiger partial charge in [0, 0.05) is 31.5 Å². The molecule has 2 aliphatic rings. The molecule has 27 heavy (non-hydrogen) atoms. The molecule has 0 bridgehead atoms. The van der Waals surface area contributed by atoms with Gasteiger partial charge in [-0.05, 0) is 29.8 Å². The van der Waals surface area contributed by atoms with Crippen LogP contribution in [0.2, 0.25) is 0 Å². The predicted octanol–water partition coefficient (Wildman–Crippen LogP) is 2.29. The Balaban J connectivity index is 1.52. The van der Waals surface area contributed by atoms with E-state index < -0.39 is 0 Å². The molecule has 0 spiro atoms. The first-order chi connectivity index (χ1) is 13.0. The van der Waals surface area contributed by atoms with Crippen LogP contribution < -0.4 is 0 Å². The zero-order valence-corrected chi connectivity index (χ0v) is 14.7. The minimum atomic E-state index is -0.318. The van der Waals surface area contributed by atoms with E-state index in [1.54, 1.807) is 53.4 Å². The van der Waals surface area contributed by atoms with Crippen LogP contribution in [0.5, 0.6) is 0 Å². The number of piperidine rings is 1. The maximum Gasteiger partial charge on any atom is 0.261 e. The second-order valence-electron chi connectivity index (χ2n) is 6.77. The van der Waals surface area contributed by atoms with E-state index in [0.29, 0.717) is 48.2 Å². The van der Waals surface area contributed by atoms with Crippen LogP contribution in [0, 0.1) is 0 Å². The van der Waals surface area contributed by atoms with Gasteiger partial charge >= 0.3 is 0 Å². The lowest BCUT2D eigenvalue weighted by atomic mass is 10.1. The first kappa shape index (κ1) is 17.1. The molecule has 1 fully saturated rings. The summed E-state index contributed by atoms with van der Waals surface area (Å²) in [6, 6.07) is 13.7. The fourth-order valence-corrected chi connectivity index (χ4v) is 3.51. The van der Waals surface area contributed by atoms with E-state index in [1.807, 2.05) is 0 Å². The van der Waals surface area contributed by atoms with Gasteiger partial charge in [-0.3, -0.25) is 24.1 Å². The molecular weight excluding hydrogens is 344 g/mol. The van der Waals surface area contributed by atoms with Gasteiger partial charge in [-0.2, -0.15) is 0 Å². The highest BCUT2D eigenvalue weighted by atomic mass is 16.2. The van der Waals surface area contributed by atoms with Gasteiger partial charge in [0.2, 0.25) is 0 Å². The van der Waals surface area contributed by atoms with Crippen molar-refractivity contribution >= 4 is 23.5 Å². The van der Waals surface area contributed by atoms with Gasteiger partial charge in [0.05, 0.1) is 17.7 Å². The lowest BCUT2D eigenvalue weighted by Crippen LogP contribution is -2.38. The maximum atomic E-state index is 12.7. The normalized spacial score (nSPS) is 16.7. The van der Waals surface area contributed by atoms with Crippen molar-refractivity contribution in [1.29, 1.82) is 0 Å². The Labute approximate surface area is 156 Å². The number of nitrogens with zero attached hydrogens (tertiary/aromatic N) is 2. The van der Waals surface area contributed by atoms with Gasteiger partial charge in [0.25, 0.3) is 17.7 Å². The number of carbonyl (C=O) groups is 4. The Kier molecular flexibility index (Phi) is 4.32. The minimum Gasteiger partial charge on any atom is -0.338 e. The molecule has 2 aromatic rings. The van der Waals surface area contributed by atoms with Crippen LogP contribution in [-0.2, 0) is 11.3 Å². The van der Waals surface area contributed by atoms with Gasteiger partial charge in [-0.1, -0.05) is 24.3 Å². The van der Waals surface area contributed by atoms with E-state index in [2.05, 4.69) is 0 Å². The van der Waals surface area contributed by atoms with Crippen molar-refractivity contribution in [3.63, 3.8) is 0 Å². The summed E-state index contributed by atoms with van der Waals surface area (Å²) >= 11 is 0. The van der Waals surface area contributed by atoms with Gasteiger partial charge in [-0.25, -0.2) is 0 Å². The smallest absolute Gasteiger partial charge is 0.261 e. The summed E-state index contributed by atoms with van der Waals surface area (Å²) in [5, 5.41) is 0. The standard InChI is InChI=1S/C21H18N2O4/c24-16-8-10-22(11-9-16)19(25)15-5-3-4-14(12-15)13-23-20(26)17-6-1-2-7-18(17)21(23)27/h1-7,12H,8-11,13H2. The molecule has 0 N–H and O–H groups in total. The molecule has 3 amide bonds. The number of Topliss-reactive ketones (excluding diaryl/α,β-unsaturated/α-hetero) is 1. The summed E-state index contributed by atoms with van der Waals surface area (Å²) in [6.45, 7) is 0.979. The predicted molar refractivity (Wildman–Crippen MR) is 97.2 cm³/mol. The number of fused-ring (bicyclic) bond motifs is 1. The number of benzene rings is 2. The number of imide groups is 1. The van der Waals surface area contributed by atoms with Crippen molar-refractivity contribution in [3.8, 4) is 0 Å². The Morgan fingerprint density at radius 1 is 0.852 bits per heavy atom. The van der Waals surface area contributed by atoms with Crippen LogP contribution >= 0.6 is 0 Å². The van der Waals surface area contributed by atoms with E-state index in [0.717, 1.165) is 0 Å². The highest BCUT2D eigenvalue weighted by molar-refractivity contribution is 6.21. The zero-order valence-electron chi connectivity index (χ0n) is 14.7. The average Bonchev–Trinajstić information content (AvgIpc) is 2.93. The zero-order chi connectivity index (χ0) is 19.0. The van der Waals surface area contributed by atoms with Gasteiger partial charge < -0.3 is 4.90 Å². The Bertz CT molecular complexity index is 921. The first-order valence-corrected chi connectivity index (χ1v) is 8.90. The van der Waals surface area contributed by atoms with Crippen molar-refractivity contribution in [2.45, 2.75) is 19.4 Å². The average molecular weight is 362 g/mol. The number of ketones is 1. The quantitative estimate of drug-likeness (QED) is 0.785. The number of likely N-dealkylation sites (tertiary alicyclic amines) is 1. The van der Waals surface area contributed by atoms with Crippen molar-refractivity contribution in [2.75, 3.05) is 13.1 Å². The number of hydrogen-bond donors (Lipinski definition) is 0. The highest BCUT2D eigenvalue weighted by Gasteiger charge is 2.35. The highest BCUT2D eigenvalue weighted by Crippen LogP contribution is 2.24. The summed E-state index contributed by atoms with van der Waals surface area (Å²) in [5.41, 5.74) is 2.03. The molecule has 4 rings (SSSR count). The maximum absolute atomic E-state index is 12.7. The van der Waals surface area contributed by atoms with E-state index in [9.17, 15) is 19.2 Å². The fourth-order valence-electron chi connectivity index (χ4n) is 3.51. The number of carbonyl (C=O) groups excluding carboxylic acids is 4. The van der Waals surface area contributed by atoms with Gasteiger partial charge in [0.15, 0.2) is 0 Å². The lowest BCUT2D eigenvalue weighted by Gasteiger charge is -2.26. The molecule has 1 saturated heterocycles. The van der Waals surface area contributed by atoms with Gasteiger partial charge in [-0.15, -0.1) is 0 Å². The monoisotopic (exact) mass is 362 g/mol. The second kappa shape index (κ2) is 6.79. The van der Waals surface area contributed by atoms with Gasteiger partial charge in [0.1, 0.15) is 5.78 Å². The van der Waals surface area contributed by atoms with Crippen LogP contribution in [0.25, 0.3) is 0 Å². The SMILES string of the molecule is O=C1CCN(C(=O)c2cccc(CN3C(=O)c4ccccc4C3=O)c2)CC1. The molecule has 2 aromatic carbocycles. The van der Waals surface area contributed by atoms with Crippen molar-refractivity contribution in [1.82, 2.24) is 9.80 Å². The largest absolute Gasteiger partial charge is 0.338 e. The molecule has 0 saturated carbocycles. The molecule has 6 nitrogen and oxygen atoms in total. The van der Waals surface area contributed by atoms with Crippen LogP contribution in [-0.4, -0.2) is 46.4 Å². The molecule has 0 atom stereocenters. The molecule has 136 valence electrons. The van der Waals surface area contributed by atoms with Crippen molar-refractivity contribution in [2.24, 2.45) is 0 Å². The summed E-state index contributed by atoms with van der Waals surface area (Å²) in [7, 11) is 0. The van der Waals surface area contributed by atoms with E-state index in [1.165, 1.54) is 4.90 Å². The summed E-state index contributed by atoms with van der Waals surface area (Å²) in [5.74, 6) is -0.589. The third kappa shape index (κ3) is 3.14. The van der Waals surface area contributed by atoms with Crippen molar-refractivity contribution < 1.29 is 19.2 Å². The Morgan fingerprint density at radius 3 is 2.11 bits per heavy atom. The molecule has 0 aromatic heterocycles. The van der Waals surface area contributed by atoms with E-state index >= 15 is 0 Å². The van der Waals surface area contributed by atoms with Crippen LogP contribution in [0.4, 0.5) is 0 Å².